The first-order chi connectivity index (χ1) is 10.7. The Morgan fingerprint density at radius 3 is 3.00 bits per heavy atom. The van der Waals surface area contributed by atoms with E-state index in [1.807, 2.05) is 29.6 Å². The topological polar surface area (TPSA) is 72.7 Å². The summed E-state index contributed by atoms with van der Waals surface area (Å²) in [6.07, 6.45) is 0. The number of carbonyl (C=O) groups is 1. The number of carbonyl (C=O) groups excluding carboxylic acids is 1. The van der Waals surface area contributed by atoms with Crippen molar-refractivity contribution in [3.63, 3.8) is 0 Å². The van der Waals surface area contributed by atoms with Crippen LogP contribution in [0, 0.1) is 0 Å². The first-order valence-electron chi connectivity index (χ1n) is 6.53. The average Bonchev–Trinajstić information content (AvgIpc) is 3.16. The molecule has 3 rings (SSSR count). The number of amides is 1. The van der Waals surface area contributed by atoms with Gasteiger partial charge in [0.15, 0.2) is 0 Å². The van der Waals surface area contributed by atoms with Crippen LogP contribution in [0.2, 0.25) is 5.02 Å². The lowest BCUT2D eigenvalue weighted by atomic mass is 10.2. The molecule has 1 amide bonds. The van der Waals surface area contributed by atoms with Gasteiger partial charge in [-0.25, -0.2) is 0 Å². The van der Waals surface area contributed by atoms with Crippen LogP contribution in [0.15, 0.2) is 41.8 Å². The first kappa shape index (κ1) is 14.7. The Balaban J connectivity index is 1.60. The van der Waals surface area contributed by atoms with Gasteiger partial charge in [-0.2, -0.15) is 4.80 Å². The van der Waals surface area contributed by atoms with Gasteiger partial charge in [-0.1, -0.05) is 29.8 Å². The Kier molecular flexibility index (Phi) is 4.45. The molecule has 22 heavy (non-hydrogen) atoms. The fourth-order valence-corrected chi connectivity index (χ4v) is 2.67. The number of aromatic nitrogens is 4. The Bertz CT molecular complexity index is 771. The number of hydrogen-bond acceptors (Lipinski definition) is 5. The minimum Gasteiger partial charge on any atom is -0.350 e. The molecular formula is C14H12ClN5OS. The molecule has 0 saturated carbocycles. The third-order valence-corrected chi connectivity index (χ3v) is 3.97. The minimum absolute atomic E-state index is 0.0267. The number of benzene rings is 1. The molecule has 0 radical (unpaired) electrons. The van der Waals surface area contributed by atoms with Gasteiger partial charge < -0.3 is 5.32 Å². The molecule has 6 nitrogen and oxygen atoms in total. The Morgan fingerprint density at radius 1 is 1.32 bits per heavy atom. The summed E-state index contributed by atoms with van der Waals surface area (Å²) in [7, 11) is 0. The third kappa shape index (κ3) is 3.69. The summed E-state index contributed by atoms with van der Waals surface area (Å²) in [5.41, 5.74) is 0.762. The van der Waals surface area contributed by atoms with Crippen LogP contribution in [0.25, 0.3) is 11.4 Å². The lowest BCUT2D eigenvalue weighted by molar-refractivity contribution is -0.122. The normalized spacial score (nSPS) is 10.6. The van der Waals surface area contributed by atoms with Crippen molar-refractivity contribution in [1.82, 2.24) is 25.5 Å². The summed E-state index contributed by atoms with van der Waals surface area (Å²) < 4.78 is 0. The molecule has 0 atom stereocenters. The number of halogens is 1. The number of hydrogen-bond donors (Lipinski definition) is 1. The van der Waals surface area contributed by atoms with E-state index in [2.05, 4.69) is 20.7 Å². The van der Waals surface area contributed by atoms with Crippen molar-refractivity contribution in [3.8, 4) is 11.4 Å². The van der Waals surface area contributed by atoms with Crippen molar-refractivity contribution in [2.75, 3.05) is 0 Å². The van der Waals surface area contributed by atoms with Gasteiger partial charge in [0.1, 0.15) is 6.54 Å². The Hall–Kier alpha value is -2.25. The molecule has 0 aliphatic rings. The number of thiophene rings is 1. The second-order valence-electron chi connectivity index (χ2n) is 4.51. The van der Waals surface area contributed by atoms with Crippen molar-refractivity contribution >= 4 is 28.8 Å². The molecule has 0 saturated heterocycles. The average molecular weight is 334 g/mol. The zero-order valence-electron chi connectivity index (χ0n) is 11.4. The van der Waals surface area contributed by atoms with Crippen LogP contribution in [0.3, 0.4) is 0 Å². The first-order valence-corrected chi connectivity index (χ1v) is 7.79. The smallest absolute Gasteiger partial charge is 0.243 e. The summed E-state index contributed by atoms with van der Waals surface area (Å²) in [6, 6.07) is 11.1. The van der Waals surface area contributed by atoms with E-state index in [-0.39, 0.29) is 12.5 Å². The molecule has 0 spiro atoms. The summed E-state index contributed by atoms with van der Waals surface area (Å²) in [6.45, 7) is 0.533. The van der Waals surface area contributed by atoms with Crippen LogP contribution >= 0.6 is 22.9 Å². The largest absolute Gasteiger partial charge is 0.350 e. The maximum Gasteiger partial charge on any atom is 0.243 e. The van der Waals surface area contributed by atoms with E-state index in [9.17, 15) is 4.79 Å². The molecular weight excluding hydrogens is 322 g/mol. The van der Waals surface area contributed by atoms with Gasteiger partial charge >= 0.3 is 0 Å². The molecule has 3 aromatic rings. The van der Waals surface area contributed by atoms with Crippen molar-refractivity contribution in [1.29, 1.82) is 0 Å². The monoisotopic (exact) mass is 333 g/mol. The highest BCUT2D eigenvalue weighted by atomic mass is 35.5. The summed E-state index contributed by atoms with van der Waals surface area (Å²) in [4.78, 5) is 14.2. The van der Waals surface area contributed by atoms with Crippen LogP contribution in [0.5, 0.6) is 0 Å². The lowest BCUT2D eigenvalue weighted by Gasteiger charge is -2.02. The molecule has 1 N–H and O–H groups in total. The zero-order valence-corrected chi connectivity index (χ0v) is 13.0. The van der Waals surface area contributed by atoms with Gasteiger partial charge in [0.05, 0.1) is 6.54 Å². The zero-order chi connectivity index (χ0) is 15.4. The highest BCUT2D eigenvalue weighted by molar-refractivity contribution is 7.09. The minimum atomic E-state index is -0.163. The molecule has 0 fully saturated rings. The number of tetrazole rings is 1. The van der Waals surface area contributed by atoms with Crippen LogP contribution in [-0.2, 0) is 17.9 Å². The van der Waals surface area contributed by atoms with E-state index in [1.54, 1.807) is 23.5 Å². The van der Waals surface area contributed by atoms with Crippen molar-refractivity contribution in [2.45, 2.75) is 13.1 Å². The fraction of sp³-hybridized carbons (Fsp3) is 0.143. The van der Waals surface area contributed by atoms with Gasteiger partial charge in [-0.3, -0.25) is 4.79 Å². The van der Waals surface area contributed by atoms with Crippen molar-refractivity contribution in [3.05, 3.63) is 51.7 Å². The molecule has 8 heteroatoms. The Morgan fingerprint density at radius 2 is 2.23 bits per heavy atom. The SMILES string of the molecule is O=C(Cn1nnc(-c2cccc(Cl)c2)n1)NCc1cccs1. The number of nitrogens with one attached hydrogen (secondary N) is 1. The fourth-order valence-electron chi connectivity index (χ4n) is 1.84. The molecule has 2 heterocycles. The van der Waals surface area contributed by atoms with E-state index < -0.39 is 0 Å². The molecule has 0 aliphatic heterocycles. The number of rotatable bonds is 5. The predicted molar refractivity (Wildman–Crippen MR) is 84.4 cm³/mol. The number of nitrogens with zero attached hydrogens (tertiary/aromatic N) is 4. The standard InChI is InChI=1S/C14H12ClN5OS/c15-11-4-1-3-10(7-11)14-17-19-20(18-14)9-13(21)16-8-12-5-2-6-22-12/h1-7H,8-9H2,(H,16,21). The molecule has 2 aromatic heterocycles. The quantitative estimate of drug-likeness (QED) is 0.778. The lowest BCUT2D eigenvalue weighted by Crippen LogP contribution is -2.27. The maximum atomic E-state index is 11.9. The summed E-state index contributed by atoms with van der Waals surface area (Å²) in [5, 5.41) is 17.4. The molecule has 0 bridgehead atoms. The van der Waals surface area contributed by atoms with Gasteiger partial charge in [-0.15, -0.1) is 21.5 Å². The van der Waals surface area contributed by atoms with E-state index in [0.29, 0.717) is 17.4 Å². The second kappa shape index (κ2) is 6.67. The van der Waals surface area contributed by atoms with Gasteiger partial charge in [0, 0.05) is 15.5 Å². The van der Waals surface area contributed by atoms with Crippen LogP contribution in [0.1, 0.15) is 4.88 Å². The van der Waals surface area contributed by atoms with Gasteiger partial charge in [0.25, 0.3) is 0 Å². The molecule has 0 aliphatic carbocycles. The Labute approximate surface area is 135 Å². The van der Waals surface area contributed by atoms with Gasteiger partial charge in [-0.05, 0) is 28.8 Å². The molecule has 112 valence electrons. The van der Waals surface area contributed by atoms with E-state index in [1.165, 1.54) is 4.80 Å². The van der Waals surface area contributed by atoms with E-state index in [0.717, 1.165) is 10.4 Å². The molecule has 1 aromatic carbocycles. The maximum absolute atomic E-state index is 11.9. The predicted octanol–water partition coefficient (Wildman–Crippen LogP) is 2.37. The van der Waals surface area contributed by atoms with Crippen molar-refractivity contribution in [2.24, 2.45) is 0 Å². The van der Waals surface area contributed by atoms with Crippen molar-refractivity contribution < 1.29 is 4.79 Å². The highest BCUT2D eigenvalue weighted by Gasteiger charge is 2.09. The summed E-state index contributed by atoms with van der Waals surface area (Å²) in [5.74, 6) is 0.275. The summed E-state index contributed by atoms with van der Waals surface area (Å²) >= 11 is 7.53. The van der Waals surface area contributed by atoms with Crippen LogP contribution in [0.4, 0.5) is 0 Å². The third-order valence-electron chi connectivity index (χ3n) is 2.86. The van der Waals surface area contributed by atoms with Crippen LogP contribution in [-0.4, -0.2) is 26.1 Å². The highest BCUT2D eigenvalue weighted by Crippen LogP contribution is 2.18. The van der Waals surface area contributed by atoms with E-state index >= 15 is 0 Å². The van der Waals surface area contributed by atoms with Gasteiger partial charge in [0.2, 0.25) is 11.7 Å². The molecule has 0 unspecified atom stereocenters. The van der Waals surface area contributed by atoms with Crippen LogP contribution < -0.4 is 5.32 Å². The second-order valence-corrected chi connectivity index (χ2v) is 5.98. The van der Waals surface area contributed by atoms with E-state index in [4.69, 9.17) is 11.6 Å².